The zero-order valence-electron chi connectivity index (χ0n) is 10.9. The van der Waals surface area contributed by atoms with Gasteiger partial charge in [0.1, 0.15) is 0 Å². The molecule has 0 aromatic heterocycles. The molecular formula is C13H24N2S. The third-order valence-corrected chi connectivity index (χ3v) is 3.38. The lowest BCUT2D eigenvalue weighted by molar-refractivity contribution is 0.643. The van der Waals surface area contributed by atoms with Crippen molar-refractivity contribution in [2.75, 3.05) is 6.54 Å². The highest BCUT2D eigenvalue weighted by Crippen LogP contribution is 2.23. The summed E-state index contributed by atoms with van der Waals surface area (Å²) in [6, 6.07) is 0.457. The van der Waals surface area contributed by atoms with Gasteiger partial charge in [0.05, 0.1) is 0 Å². The first-order valence-electron chi connectivity index (χ1n) is 6.16. The molecule has 0 amide bonds. The molecule has 0 aromatic rings. The highest BCUT2D eigenvalue weighted by atomic mass is 32.2. The zero-order chi connectivity index (χ0) is 12.0. The molecule has 0 fully saturated rings. The molecular weight excluding hydrogens is 216 g/mol. The van der Waals surface area contributed by atoms with E-state index in [1.807, 2.05) is 18.2 Å². The third-order valence-electron chi connectivity index (χ3n) is 2.37. The molecule has 0 saturated carbocycles. The molecule has 1 N–H and O–H groups in total. The van der Waals surface area contributed by atoms with Crippen LogP contribution in [0.25, 0.3) is 0 Å². The minimum absolute atomic E-state index is 0.262. The molecule has 0 aliphatic carbocycles. The second-order valence-electron chi connectivity index (χ2n) is 5.20. The number of hydrogen-bond donors (Lipinski definition) is 1. The van der Waals surface area contributed by atoms with Gasteiger partial charge in [-0.15, -0.1) is 0 Å². The van der Waals surface area contributed by atoms with Crippen molar-refractivity contribution in [1.82, 2.24) is 4.72 Å². The predicted octanol–water partition coefficient (Wildman–Crippen LogP) is 3.59. The Morgan fingerprint density at radius 1 is 1.50 bits per heavy atom. The average Bonchev–Trinajstić information content (AvgIpc) is 2.24. The summed E-state index contributed by atoms with van der Waals surface area (Å²) >= 11 is 1.82. The van der Waals surface area contributed by atoms with E-state index in [-0.39, 0.29) is 4.75 Å². The molecule has 1 atom stereocenters. The number of rotatable bonds is 5. The van der Waals surface area contributed by atoms with Gasteiger partial charge in [-0.25, -0.2) is 0 Å². The highest BCUT2D eigenvalue weighted by molar-refractivity contribution is 7.98. The molecule has 16 heavy (non-hydrogen) atoms. The van der Waals surface area contributed by atoms with E-state index < -0.39 is 0 Å². The fourth-order valence-corrected chi connectivity index (χ4v) is 2.34. The number of dihydropyridines is 1. The van der Waals surface area contributed by atoms with Gasteiger partial charge in [-0.2, -0.15) is 0 Å². The maximum Gasteiger partial charge on any atom is 0.0433 e. The van der Waals surface area contributed by atoms with Gasteiger partial charge in [0.25, 0.3) is 0 Å². The second kappa shape index (κ2) is 6.45. The Hall–Kier alpha value is -0.280. The minimum atomic E-state index is 0.262. The third kappa shape index (κ3) is 5.17. The highest BCUT2D eigenvalue weighted by Gasteiger charge is 2.17. The van der Waals surface area contributed by atoms with Gasteiger partial charge in [-0.3, -0.25) is 9.71 Å². The van der Waals surface area contributed by atoms with E-state index in [1.54, 1.807) is 0 Å². The van der Waals surface area contributed by atoms with Crippen LogP contribution in [0, 0.1) is 0 Å². The molecule has 0 saturated heterocycles. The molecule has 0 spiro atoms. The number of nitrogens with one attached hydrogen (secondary N) is 1. The van der Waals surface area contributed by atoms with Crippen molar-refractivity contribution in [2.45, 2.75) is 57.7 Å². The number of aliphatic imine (C=N–C) groups is 1. The van der Waals surface area contributed by atoms with E-state index in [4.69, 9.17) is 0 Å². The van der Waals surface area contributed by atoms with Crippen LogP contribution in [0.2, 0.25) is 0 Å². The summed E-state index contributed by atoms with van der Waals surface area (Å²) in [6.07, 6.45) is 7.84. The summed E-state index contributed by atoms with van der Waals surface area (Å²) in [5, 5.41) is 0. The molecule has 92 valence electrons. The largest absolute Gasteiger partial charge is 0.293 e. The van der Waals surface area contributed by atoms with Crippen LogP contribution in [-0.4, -0.2) is 23.5 Å². The quantitative estimate of drug-likeness (QED) is 0.743. The molecule has 2 nitrogen and oxygen atoms in total. The van der Waals surface area contributed by atoms with Crippen LogP contribution in [-0.2, 0) is 0 Å². The fourth-order valence-electron chi connectivity index (χ4n) is 1.59. The lowest BCUT2D eigenvalue weighted by Gasteiger charge is -2.25. The van der Waals surface area contributed by atoms with Gasteiger partial charge < -0.3 is 0 Å². The molecule has 0 bridgehead atoms. The van der Waals surface area contributed by atoms with E-state index >= 15 is 0 Å². The van der Waals surface area contributed by atoms with E-state index in [9.17, 15) is 0 Å². The molecule has 1 aliphatic rings. The summed E-state index contributed by atoms with van der Waals surface area (Å²) in [7, 11) is 0. The summed E-state index contributed by atoms with van der Waals surface area (Å²) < 4.78 is 3.85. The van der Waals surface area contributed by atoms with Gasteiger partial charge in [-0.05, 0) is 39.2 Å². The monoisotopic (exact) mass is 240 g/mol. The summed E-state index contributed by atoms with van der Waals surface area (Å²) in [5.41, 5.74) is 1.37. The standard InChI is InChI=1S/C13H24N2S/c1-5-7-12(15-16-13(2,3)4)11-8-6-9-14-10-11/h8,10,12,15H,5-7,9H2,1-4H3. The molecule has 3 heteroatoms. The van der Waals surface area contributed by atoms with Gasteiger partial charge in [0.15, 0.2) is 0 Å². The van der Waals surface area contributed by atoms with Crippen LogP contribution in [0.5, 0.6) is 0 Å². The van der Waals surface area contributed by atoms with Crippen molar-refractivity contribution >= 4 is 18.2 Å². The Labute approximate surface area is 104 Å². The van der Waals surface area contributed by atoms with Gasteiger partial charge in [0.2, 0.25) is 0 Å². The molecule has 0 radical (unpaired) electrons. The van der Waals surface area contributed by atoms with Crippen LogP contribution in [0.4, 0.5) is 0 Å². The normalized spacial score (nSPS) is 18.4. The maximum atomic E-state index is 4.36. The summed E-state index contributed by atoms with van der Waals surface area (Å²) in [5.74, 6) is 0. The molecule has 0 aromatic carbocycles. The fraction of sp³-hybridized carbons (Fsp3) is 0.769. The lowest BCUT2D eigenvalue weighted by atomic mass is 10.0. The van der Waals surface area contributed by atoms with Crippen molar-refractivity contribution < 1.29 is 0 Å². The van der Waals surface area contributed by atoms with Gasteiger partial charge in [0, 0.05) is 23.5 Å². The van der Waals surface area contributed by atoms with Crippen molar-refractivity contribution in [2.24, 2.45) is 4.99 Å². The Bertz CT molecular complexity index is 264. The Morgan fingerprint density at radius 2 is 2.25 bits per heavy atom. The van der Waals surface area contributed by atoms with Crippen LogP contribution < -0.4 is 4.72 Å². The first-order valence-corrected chi connectivity index (χ1v) is 6.98. The Kier molecular flexibility index (Phi) is 5.56. The van der Waals surface area contributed by atoms with Crippen LogP contribution in [0.3, 0.4) is 0 Å². The molecule has 1 rings (SSSR count). The molecule has 1 aliphatic heterocycles. The first kappa shape index (κ1) is 13.8. The van der Waals surface area contributed by atoms with Crippen LogP contribution in [0.1, 0.15) is 47.0 Å². The van der Waals surface area contributed by atoms with Crippen molar-refractivity contribution in [3.05, 3.63) is 11.6 Å². The topological polar surface area (TPSA) is 24.4 Å². The van der Waals surface area contributed by atoms with Gasteiger partial charge in [-0.1, -0.05) is 31.4 Å². The van der Waals surface area contributed by atoms with Gasteiger partial charge >= 0.3 is 0 Å². The minimum Gasteiger partial charge on any atom is -0.293 e. The predicted molar refractivity (Wildman–Crippen MR) is 75.2 cm³/mol. The zero-order valence-corrected chi connectivity index (χ0v) is 11.7. The lowest BCUT2D eigenvalue weighted by Crippen LogP contribution is -2.30. The smallest absolute Gasteiger partial charge is 0.0433 e. The van der Waals surface area contributed by atoms with E-state index in [0.717, 1.165) is 13.0 Å². The number of nitrogens with zero attached hydrogens (tertiary/aromatic N) is 1. The summed E-state index contributed by atoms with van der Waals surface area (Å²) in [6.45, 7) is 9.89. The maximum absolute atomic E-state index is 4.36. The SMILES string of the molecule is CCCC(NSC(C)(C)C)C1=CCCN=C1. The number of hydrogen-bond acceptors (Lipinski definition) is 3. The van der Waals surface area contributed by atoms with E-state index in [0.29, 0.717) is 6.04 Å². The summed E-state index contributed by atoms with van der Waals surface area (Å²) in [4.78, 5) is 4.36. The van der Waals surface area contributed by atoms with Crippen molar-refractivity contribution in [3.63, 3.8) is 0 Å². The van der Waals surface area contributed by atoms with E-state index in [1.165, 1.54) is 18.4 Å². The average molecular weight is 240 g/mol. The molecule has 1 unspecified atom stereocenters. The second-order valence-corrected chi connectivity index (χ2v) is 6.87. The van der Waals surface area contributed by atoms with E-state index in [2.05, 4.69) is 43.5 Å². The van der Waals surface area contributed by atoms with Crippen LogP contribution in [0.15, 0.2) is 16.6 Å². The first-order chi connectivity index (χ1) is 7.53. The Balaban J connectivity index is 2.53. The Morgan fingerprint density at radius 3 is 2.75 bits per heavy atom. The van der Waals surface area contributed by atoms with Crippen molar-refractivity contribution in [3.8, 4) is 0 Å². The van der Waals surface area contributed by atoms with Crippen molar-refractivity contribution in [1.29, 1.82) is 0 Å². The molecule has 1 heterocycles. The van der Waals surface area contributed by atoms with Crippen LogP contribution >= 0.6 is 11.9 Å².